The third-order valence-corrected chi connectivity index (χ3v) is 5.84. The maximum atomic E-state index is 6.11. The Labute approximate surface area is 181 Å². The molecular weight excluding hydrogens is 427 g/mol. The lowest BCUT2D eigenvalue weighted by atomic mass is 10.1. The summed E-state index contributed by atoms with van der Waals surface area (Å²) in [6, 6.07) is 19.3. The van der Waals surface area contributed by atoms with Gasteiger partial charge in [0.2, 0.25) is 5.16 Å². The summed E-state index contributed by atoms with van der Waals surface area (Å²) in [5.41, 5.74) is 2.82. The summed E-state index contributed by atoms with van der Waals surface area (Å²) in [6.45, 7) is 0. The summed E-state index contributed by atoms with van der Waals surface area (Å²) in [7, 11) is 0. The van der Waals surface area contributed by atoms with Crippen molar-refractivity contribution >= 4 is 40.7 Å². The number of hydrogen-bond acceptors (Lipinski definition) is 5. The first-order chi connectivity index (χ1) is 14.2. The Hall–Kier alpha value is -2.54. The number of halogens is 2. The molecule has 0 saturated heterocycles. The zero-order valence-electron chi connectivity index (χ0n) is 15.0. The van der Waals surface area contributed by atoms with E-state index in [-0.39, 0.29) is 0 Å². The Bertz CT molecular complexity index is 1200. The summed E-state index contributed by atoms with van der Waals surface area (Å²) in [5.74, 6) is 2.85. The molecule has 144 valence electrons. The fourth-order valence-corrected chi connectivity index (χ4v) is 4.48. The molecule has 0 aliphatic carbocycles. The first-order valence-corrected chi connectivity index (χ1v) is 10.7. The molecule has 4 aromatic rings. The van der Waals surface area contributed by atoms with Gasteiger partial charge in [-0.05, 0) is 35.9 Å². The highest BCUT2D eigenvalue weighted by Crippen LogP contribution is 2.31. The topological polar surface area (TPSA) is 56.2 Å². The first-order valence-electron chi connectivity index (χ1n) is 8.91. The Morgan fingerprint density at radius 3 is 2.48 bits per heavy atom. The fourth-order valence-electron chi connectivity index (χ4n) is 3.12. The number of nitrogens with zero attached hydrogens (tertiary/aromatic N) is 4. The maximum Gasteiger partial charge on any atom is 0.212 e. The number of fused-ring (bicyclic) bond motifs is 1. The highest BCUT2D eigenvalue weighted by atomic mass is 35.5. The second kappa shape index (κ2) is 7.71. The van der Waals surface area contributed by atoms with Crippen LogP contribution in [0, 0.1) is 0 Å². The predicted molar refractivity (Wildman–Crippen MR) is 116 cm³/mol. The molecule has 0 N–H and O–H groups in total. The summed E-state index contributed by atoms with van der Waals surface area (Å²) in [4.78, 5) is 0. The predicted octanol–water partition coefficient (Wildman–Crippen LogP) is 5.79. The first kappa shape index (κ1) is 18.5. The second-order valence-electron chi connectivity index (χ2n) is 6.53. The number of hydrogen-bond donors (Lipinski definition) is 0. The number of aromatic nitrogens is 3. The lowest BCUT2D eigenvalue weighted by Crippen LogP contribution is -2.14. The third-order valence-electron chi connectivity index (χ3n) is 4.48. The van der Waals surface area contributed by atoms with Crippen LogP contribution in [-0.2, 0) is 6.42 Å². The Morgan fingerprint density at radius 1 is 0.931 bits per heavy atom. The van der Waals surface area contributed by atoms with Gasteiger partial charge in [-0.2, -0.15) is 9.78 Å². The van der Waals surface area contributed by atoms with E-state index in [1.54, 1.807) is 22.5 Å². The summed E-state index contributed by atoms with van der Waals surface area (Å²) in [5, 5.41) is 15.3. The normalized spacial score (nSPS) is 13.2. The van der Waals surface area contributed by atoms with Crippen molar-refractivity contribution in [2.75, 3.05) is 5.75 Å². The van der Waals surface area contributed by atoms with Crippen LogP contribution in [0.2, 0.25) is 10.0 Å². The maximum absolute atomic E-state index is 6.11. The van der Waals surface area contributed by atoms with Crippen molar-refractivity contribution in [1.29, 1.82) is 0 Å². The zero-order chi connectivity index (χ0) is 19.8. The van der Waals surface area contributed by atoms with Gasteiger partial charge in [-0.1, -0.05) is 65.3 Å². The van der Waals surface area contributed by atoms with Gasteiger partial charge in [-0.25, -0.2) is 0 Å². The van der Waals surface area contributed by atoms with Crippen molar-refractivity contribution in [3.63, 3.8) is 0 Å². The van der Waals surface area contributed by atoms with E-state index in [1.165, 1.54) is 0 Å². The van der Waals surface area contributed by atoms with Gasteiger partial charge in [-0.3, -0.25) is 0 Å². The molecule has 0 bridgehead atoms. The van der Waals surface area contributed by atoms with Crippen molar-refractivity contribution in [2.24, 2.45) is 5.10 Å². The third kappa shape index (κ3) is 3.83. The highest BCUT2D eigenvalue weighted by molar-refractivity contribution is 7.99. The van der Waals surface area contributed by atoms with Crippen molar-refractivity contribution < 1.29 is 4.42 Å². The average Bonchev–Trinajstić information content (AvgIpc) is 3.36. The SMILES string of the molecule is Clc1cc(Cl)cc(-c2ccc(C3=Nn4c(Cc5ccccc5)nnc4SC3)o2)c1. The number of furan rings is 1. The van der Waals surface area contributed by atoms with Gasteiger partial charge in [0.25, 0.3) is 0 Å². The quantitative estimate of drug-likeness (QED) is 0.402. The Kier molecular flexibility index (Phi) is 4.91. The molecule has 0 atom stereocenters. The molecular formula is C21H14Cl2N4OS. The van der Waals surface area contributed by atoms with Gasteiger partial charge < -0.3 is 4.42 Å². The molecule has 3 heterocycles. The summed E-state index contributed by atoms with van der Waals surface area (Å²) >= 11 is 13.8. The Morgan fingerprint density at radius 2 is 1.69 bits per heavy atom. The van der Waals surface area contributed by atoms with Gasteiger partial charge in [0.05, 0.1) is 0 Å². The molecule has 29 heavy (non-hydrogen) atoms. The van der Waals surface area contributed by atoms with Crippen molar-refractivity contribution in [3.05, 3.63) is 87.9 Å². The number of benzene rings is 2. The van der Waals surface area contributed by atoms with Gasteiger partial charge in [-0.15, -0.1) is 10.2 Å². The standard InChI is InChI=1S/C21H14Cl2N4OS/c22-15-9-14(10-16(23)11-15)18-6-7-19(28-18)17-12-29-21-25-24-20(27(21)26-17)8-13-4-2-1-3-5-13/h1-7,9-11H,8,12H2. The smallest absolute Gasteiger partial charge is 0.212 e. The van der Waals surface area contributed by atoms with Gasteiger partial charge in [0.1, 0.15) is 11.5 Å². The number of thioether (sulfide) groups is 1. The fraction of sp³-hybridized carbons (Fsp3) is 0.0952. The molecule has 1 aliphatic heterocycles. The largest absolute Gasteiger partial charge is 0.455 e. The van der Waals surface area contributed by atoms with E-state index in [1.807, 2.05) is 42.5 Å². The van der Waals surface area contributed by atoms with Crippen molar-refractivity contribution in [1.82, 2.24) is 14.9 Å². The zero-order valence-corrected chi connectivity index (χ0v) is 17.4. The second-order valence-corrected chi connectivity index (χ2v) is 8.35. The van der Waals surface area contributed by atoms with Crippen LogP contribution in [0.5, 0.6) is 0 Å². The van der Waals surface area contributed by atoms with Crippen molar-refractivity contribution in [2.45, 2.75) is 11.6 Å². The van der Waals surface area contributed by atoms with Crippen LogP contribution in [0.1, 0.15) is 17.1 Å². The van der Waals surface area contributed by atoms with Crippen LogP contribution in [-0.4, -0.2) is 26.3 Å². The minimum absolute atomic E-state index is 0.565. The average molecular weight is 441 g/mol. The van der Waals surface area contributed by atoms with Crippen LogP contribution in [0.15, 0.2) is 75.3 Å². The van der Waals surface area contributed by atoms with Crippen molar-refractivity contribution in [3.8, 4) is 11.3 Å². The lowest BCUT2D eigenvalue weighted by molar-refractivity contribution is 0.569. The lowest BCUT2D eigenvalue weighted by Gasteiger charge is -2.12. The molecule has 0 radical (unpaired) electrons. The van der Waals surface area contributed by atoms with E-state index in [0.717, 1.165) is 27.8 Å². The minimum atomic E-state index is 0.565. The van der Waals surface area contributed by atoms with E-state index in [4.69, 9.17) is 32.7 Å². The van der Waals surface area contributed by atoms with Gasteiger partial charge in [0, 0.05) is 27.8 Å². The molecule has 5 rings (SSSR count). The van der Waals surface area contributed by atoms with E-state index in [9.17, 15) is 0 Å². The minimum Gasteiger partial charge on any atom is -0.455 e. The molecule has 2 aromatic heterocycles. The summed E-state index contributed by atoms with van der Waals surface area (Å²) < 4.78 is 7.85. The van der Waals surface area contributed by atoms with Crippen LogP contribution in [0.25, 0.3) is 11.3 Å². The molecule has 0 amide bonds. The molecule has 2 aromatic carbocycles. The molecule has 8 heteroatoms. The van der Waals surface area contributed by atoms with E-state index in [2.05, 4.69) is 22.3 Å². The van der Waals surface area contributed by atoms with Gasteiger partial charge in [0.15, 0.2) is 11.6 Å². The van der Waals surface area contributed by atoms with Crippen LogP contribution in [0.3, 0.4) is 0 Å². The Balaban J connectivity index is 1.46. The van der Waals surface area contributed by atoms with Gasteiger partial charge >= 0.3 is 0 Å². The molecule has 5 nitrogen and oxygen atoms in total. The highest BCUT2D eigenvalue weighted by Gasteiger charge is 2.22. The van der Waals surface area contributed by atoms with E-state index < -0.39 is 0 Å². The summed E-state index contributed by atoms with van der Waals surface area (Å²) in [6.07, 6.45) is 0.662. The molecule has 0 fully saturated rings. The van der Waals surface area contributed by atoms with Crippen LogP contribution in [0.4, 0.5) is 0 Å². The van der Waals surface area contributed by atoms with Crippen LogP contribution < -0.4 is 0 Å². The van der Waals surface area contributed by atoms with Crippen LogP contribution >= 0.6 is 35.0 Å². The molecule has 0 saturated carbocycles. The monoisotopic (exact) mass is 440 g/mol. The van der Waals surface area contributed by atoms with E-state index in [0.29, 0.717) is 33.7 Å². The molecule has 0 unspecified atom stereocenters. The number of rotatable bonds is 4. The molecule has 1 aliphatic rings. The molecule has 0 spiro atoms. The van der Waals surface area contributed by atoms with E-state index >= 15 is 0 Å².